The lowest BCUT2D eigenvalue weighted by molar-refractivity contribution is 0.192. The normalized spacial score (nSPS) is 12.6. The molecular weight excluding hydrogens is 267 g/mol. The van der Waals surface area contributed by atoms with Crippen LogP contribution in [0.1, 0.15) is 12.5 Å². The molecule has 0 heterocycles. The van der Waals surface area contributed by atoms with Crippen LogP contribution in [0, 0.1) is 5.82 Å². The minimum absolute atomic E-state index is 0.0663. The van der Waals surface area contributed by atoms with Gasteiger partial charge in [0, 0.05) is 18.1 Å². The number of hydrogen-bond acceptors (Lipinski definition) is 3. The maximum atomic E-state index is 13.6. The molecule has 1 rings (SSSR count). The van der Waals surface area contributed by atoms with Crippen molar-refractivity contribution in [3.05, 3.63) is 21.9 Å². The topological polar surface area (TPSA) is 49.7 Å². The highest BCUT2D eigenvalue weighted by molar-refractivity contribution is 9.10. The average molecular weight is 279 g/mol. The van der Waals surface area contributed by atoms with E-state index < -0.39 is 11.9 Å². The van der Waals surface area contributed by atoms with E-state index in [0.717, 1.165) is 0 Å². The predicted molar refractivity (Wildman–Crippen MR) is 57.7 cm³/mol. The average Bonchev–Trinajstić information content (AvgIpc) is 2.13. The van der Waals surface area contributed by atoms with Crippen molar-refractivity contribution in [2.24, 2.45) is 0 Å². The van der Waals surface area contributed by atoms with Gasteiger partial charge in [0.05, 0.1) is 17.7 Å². The molecule has 84 valence electrons. The van der Waals surface area contributed by atoms with Gasteiger partial charge < -0.3 is 14.9 Å². The Morgan fingerprint density at radius 2 is 2.20 bits per heavy atom. The number of aliphatic hydroxyl groups excluding tert-OH is 1. The van der Waals surface area contributed by atoms with Crippen LogP contribution in [0.2, 0.25) is 0 Å². The molecule has 0 aliphatic rings. The summed E-state index contributed by atoms with van der Waals surface area (Å²) in [4.78, 5) is 0. The van der Waals surface area contributed by atoms with Crippen LogP contribution in [-0.4, -0.2) is 23.4 Å². The summed E-state index contributed by atoms with van der Waals surface area (Å²) in [5, 5.41) is 18.7. The Bertz CT molecular complexity index is 366. The lowest BCUT2D eigenvalue weighted by Crippen LogP contribution is -2.08. The molecule has 0 spiro atoms. The van der Waals surface area contributed by atoms with Crippen molar-refractivity contribution < 1.29 is 19.3 Å². The van der Waals surface area contributed by atoms with E-state index in [4.69, 9.17) is 4.74 Å². The molecule has 15 heavy (non-hydrogen) atoms. The summed E-state index contributed by atoms with van der Waals surface area (Å²) in [5.41, 5.74) is 0.166. The van der Waals surface area contributed by atoms with Gasteiger partial charge in [0.25, 0.3) is 0 Å². The summed E-state index contributed by atoms with van der Waals surface area (Å²) >= 11 is 2.98. The Balaban J connectivity index is 3.30. The van der Waals surface area contributed by atoms with Crippen molar-refractivity contribution in [3.8, 4) is 11.5 Å². The van der Waals surface area contributed by atoms with E-state index in [1.807, 2.05) is 0 Å². The van der Waals surface area contributed by atoms with E-state index in [9.17, 15) is 14.6 Å². The van der Waals surface area contributed by atoms with E-state index in [1.54, 1.807) is 0 Å². The minimum Gasteiger partial charge on any atom is -0.504 e. The highest BCUT2D eigenvalue weighted by atomic mass is 79.9. The van der Waals surface area contributed by atoms with Crippen molar-refractivity contribution in [3.63, 3.8) is 0 Å². The molecule has 0 saturated carbocycles. The van der Waals surface area contributed by atoms with Gasteiger partial charge in [-0.1, -0.05) is 0 Å². The van der Waals surface area contributed by atoms with Crippen LogP contribution in [0.4, 0.5) is 4.39 Å². The molecular formula is C10H12BrFO3. The van der Waals surface area contributed by atoms with E-state index in [0.29, 0.717) is 0 Å². The quantitative estimate of drug-likeness (QED) is 0.892. The standard InChI is InChI=1S/C10H12BrFO3/c1-5(13)3-6-9(12)7(11)4-8(14)10(6)15-2/h4-5,13-14H,3H2,1-2H3. The first-order valence-corrected chi connectivity index (χ1v) is 5.18. The third-order valence-electron chi connectivity index (χ3n) is 1.95. The maximum Gasteiger partial charge on any atom is 0.166 e. The fourth-order valence-electron chi connectivity index (χ4n) is 1.35. The molecule has 0 bridgehead atoms. The highest BCUT2D eigenvalue weighted by Gasteiger charge is 2.18. The molecule has 0 radical (unpaired) electrons. The molecule has 1 aromatic rings. The Kier molecular flexibility index (Phi) is 3.93. The second-order valence-electron chi connectivity index (χ2n) is 3.26. The number of phenols is 1. The number of rotatable bonds is 3. The molecule has 0 aliphatic heterocycles. The van der Waals surface area contributed by atoms with Gasteiger partial charge in [-0.25, -0.2) is 4.39 Å². The third kappa shape index (κ3) is 2.60. The zero-order valence-corrected chi connectivity index (χ0v) is 10.0. The summed E-state index contributed by atoms with van der Waals surface area (Å²) in [6.45, 7) is 1.54. The monoisotopic (exact) mass is 278 g/mol. The van der Waals surface area contributed by atoms with Gasteiger partial charge in [0.15, 0.2) is 11.5 Å². The first-order valence-electron chi connectivity index (χ1n) is 4.39. The third-order valence-corrected chi connectivity index (χ3v) is 2.53. The van der Waals surface area contributed by atoms with Gasteiger partial charge in [0.2, 0.25) is 0 Å². The number of ether oxygens (including phenoxy) is 1. The molecule has 0 saturated heterocycles. The van der Waals surface area contributed by atoms with E-state index >= 15 is 0 Å². The lowest BCUT2D eigenvalue weighted by atomic mass is 10.1. The molecule has 3 nitrogen and oxygen atoms in total. The first-order chi connectivity index (χ1) is 6.97. The number of aromatic hydroxyl groups is 1. The fourth-order valence-corrected chi connectivity index (χ4v) is 1.81. The zero-order valence-electron chi connectivity index (χ0n) is 8.42. The van der Waals surface area contributed by atoms with Crippen molar-refractivity contribution in [1.29, 1.82) is 0 Å². The Morgan fingerprint density at radius 3 is 2.67 bits per heavy atom. The maximum absolute atomic E-state index is 13.6. The van der Waals surface area contributed by atoms with Crippen LogP contribution in [0.5, 0.6) is 11.5 Å². The molecule has 0 aromatic heterocycles. The van der Waals surface area contributed by atoms with Crippen molar-refractivity contribution in [2.75, 3.05) is 7.11 Å². The van der Waals surface area contributed by atoms with Gasteiger partial charge in [0.1, 0.15) is 5.82 Å². The molecule has 0 aliphatic carbocycles. The summed E-state index contributed by atoms with van der Waals surface area (Å²) in [7, 11) is 1.34. The van der Waals surface area contributed by atoms with Crippen LogP contribution in [0.15, 0.2) is 10.5 Å². The second kappa shape index (κ2) is 4.81. The SMILES string of the molecule is COc1c(O)cc(Br)c(F)c1CC(C)O. The van der Waals surface area contributed by atoms with Crippen LogP contribution in [0.25, 0.3) is 0 Å². The number of hydrogen-bond donors (Lipinski definition) is 2. The van der Waals surface area contributed by atoms with Gasteiger partial charge in [-0.2, -0.15) is 0 Å². The van der Waals surface area contributed by atoms with Crippen LogP contribution >= 0.6 is 15.9 Å². The van der Waals surface area contributed by atoms with Gasteiger partial charge >= 0.3 is 0 Å². The molecule has 1 unspecified atom stereocenters. The summed E-state index contributed by atoms with van der Waals surface area (Å²) in [5.74, 6) is -0.608. The summed E-state index contributed by atoms with van der Waals surface area (Å²) in [6.07, 6.45) is -0.621. The molecule has 2 N–H and O–H groups in total. The second-order valence-corrected chi connectivity index (χ2v) is 4.11. The van der Waals surface area contributed by atoms with Crippen molar-refractivity contribution >= 4 is 15.9 Å². The molecule has 0 amide bonds. The Morgan fingerprint density at radius 1 is 1.60 bits per heavy atom. The zero-order chi connectivity index (χ0) is 11.6. The van der Waals surface area contributed by atoms with E-state index in [2.05, 4.69) is 15.9 Å². The largest absolute Gasteiger partial charge is 0.504 e. The van der Waals surface area contributed by atoms with Gasteiger partial charge in [-0.05, 0) is 22.9 Å². The van der Waals surface area contributed by atoms with E-state index in [1.165, 1.54) is 20.1 Å². The summed E-state index contributed by atoms with van der Waals surface area (Å²) < 4.78 is 18.7. The number of aliphatic hydroxyl groups is 1. The molecule has 1 atom stereocenters. The molecule has 1 aromatic carbocycles. The van der Waals surface area contributed by atoms with Crippen LogP contribution in [-0.2, 0) is 6.42 Å². The van der Waals surface area contributed by atoms with Gasteiger partial charge in [-0.3, -0.25) is 0 Å². The van der Waals surface area contributed by atoms with E-state index in [-0.39, 0.29) is 28.0 Å². The Hall–Kier alpha value is -0.810. The summed E-state index contributed by atoms with van der Waals surface area (Å²) in [6, 6.07) is 1.22. The van der Waals surface area contributed by atoms with Crippen LogP contribution < -0.4 is 4.74 Å². The molecule has 5 heteroatoms. The number of benzene rings is 1. The number of halogens is 2. The van der Waals surface area contributed by atoms with Crippen LogP contribution in [0.3, 0.4) is 0 Å². The van der Waals surface area contributed by atoms with Crippen molar-refractivity contribution in [1.82, 2.24) is 0 Å². The van der Waals surface area contributed by atoms with Crippen molar-refractivity contribution in [2.45, 2.75) is 19.4 Å². The number of phenolic OH excluding ortho intramolecular Hbond substituents is 1. The Labute approximate surface area is 95.6 Å². The lowest BCUT2D eigenvalue weighted by Gasteiger charge is -2.13. The number of methoxy groups -OCH3 is 1. The minimum atomic E-state index is -0.706. The van der Waals surface area contributed by atoms with Gasteiger partial charge in [-0.15, -0.1) is 0 Å². The smallest absolute Gasteiger partial charge is 0.166 e. The predicted octanol–water partition coefficient (Wildman–Crippen LogP) is 2.23. The highest BCUT2D eigenvalue weighted by Crippen LogP contribution is 2.37. The first kappa shape index (κ1) is 12.3. The fraction of sp³-hybridized carbons (Fsp3) is 0.400. The molecule has 0 fully saturated rings.